The van der Waals surface area contributed by atoms with Crippen molar-refractivity contribution < 1.29 is 24.3 Å². The lowest BCUT2D eigenvalue weighted by Crippen LogP contribution is -2.47. The predicted molar refractivity (Wildman–Crippen MR) is 110 cm³/mol. The molecule has 1 unspecified atom stereocenters. The van der Waals surface area contributed by atoms with E-state index < -0.39 is 23.8 Å². The lowest BCUT2D eigenvalue weighted by atomic mass is 9.95. The molecule has 0 aliphatic heterocycles. The average molecular weight is 407 g/mol. The molecule has 2 atom stereocenters. The van der Waals surface area contributed by atoms with Crippen molar-refractivity contribution in [3.8, 4) is 0 Å². The third kappa shape index (κ3) is 10.1. The third-order valence-corrected chi connectivity index (χ3v) is 4.57. The summed E-state index contributed by atoms with van der Waals surface area (Å²) in [5.41, 5.74) is 2.48. The fourth-order valence-electron chi connectivity index (χ4n) is 3.06. The molecule has 3 N–H and O–H groups in total. The molecule has 0 saturated heterocycles. The van der Waals surface area contributed by atoms with E-state index in [0.29, 0.717) is 12.8 Å². The molecule has 0 radical (unpaired) electrons. The summed E-state index contributed by atoms with van der Waals surface area (Å²) in [7, 11) is 0. The number of ether oxygens (including phenoxy) is 1. The summed E-state index contributed by atoms with van der Waals surface area (Å²) in [4.78, 5) is 37.0. The molecule has 0 aliphatic carbocycles. The van der Waals surface area contributed by atoms with Crippen LogP contribution in [0.4, 0.5) is 0 Å². The summed E-state index contributed by atoms with van der Waals surface area (Å²) in [5.74, 6) is -2.13. The predicted octanol–water partition coefficient (Wildman–Crippen LogP) is 3.15. The minimum absolute atomic E-state index is 0.133. The van der Waals surface area contributed by atoms with Gasteiger partial charge in [-0.05, 0) is 25.8 Å². The second-order valence-electron chi connectivity index (χ2n) is 7.52. The Kier molecular flexibility index (Phi) is 11.6. The van der Waals surface area contributed by atoms with Gasteiger partial charge in [-0.2, -0.15) is 0 Å². The van der Waals surface area contributed by atoms with Crippen molar-refractivity contribution in [3.63, 3.8) is 0 Å². The maximum atomic E-state index is 12.9. The first-order chi connectivity index (χ1) is 13.9. The maximum Gasteiger partial charge on any atom is 0.329 e. The standard InChI is InChI=1S/C22H34N2O5/c1-4-5-6-10-13-18(15-20(25)24-28)21(26)23-19(22(27)29-16(2)3)14-17-11-8-7-9-12-17/h7-9,11-12,16,18-19,28H,4-6,10,13-15H2,1-3H3,(H,23,26)(H,24,25)/t18?,19-/m0/s1. The van der Waals surface area contributed by atoms with Crippen LogP contribution in [0, 0.1) is 5.92 Å². The molecule has 0 aromatic heterocycles. The number of rotatable bonds is 13. The maximum absolute atomic E-state index is 12.9. The highest BCUT2D eigenvalue weighted by molar-refractivity contribution is 5.89. The third-order valence-electron chi connectivity index (χ3n) is 4.57. The molecule has 0 saturated carbocycles. The second kappa shape index (κ2) is 13.7. The monoisotopic (exact) mass is 406 g/mol. The Balaban J connectivity index is 2.87. The smallest absolute Gasteiger partial charge is 0.329 e. The van der Waals surface area contributed by atoms with Gasteiger partial charge in [-0.3, -0.25) is 14.8 Å². The van der Waals surface area contributed by atoms with Crippen molar-refractivity contribution in [1.82, 2.24) is 10.8 Å². The van der Waals surface area contributed by atoms with Crippen LogP contribution in [0.25, 0.3) is 0 Å². The first-order valence-electron chi connectivity index (χ1n) is 10.3. The normalized spacial score (nSPS) is 12.9. The second-order valence-corrected chi connectivity index (χ2v) is 7.52. The molecule has 1 rings (SSSR count). The lowest BCUT2D eigenvalue weighted by molar-refractivity contribution is -0.152. The summed E-state index contributed by atoms with van der Waals surface area (Å²) >= 11 is 0. The van der Waals surface area contributed by atoms with Gasteiger partial charge in [0.15, 0.2) is 0 Å². The van der Waals surface area contributed by atoms with Crippen LogP contribution < -0.4 is 10.8 Å². The molecule has 0 bridgehead atoms. The number of nitrogens with one attached hydrogen (secondary N) is 2. The fourth-order valence-corrected chi connectivity index (χ4v) is 3.06. The number of benzene rings is 1. The molecule has 1 aromatic carbocycles. The van der Waals surface area contributed by atoms with Crippen molar-refractivity contribution in [2.24, 2.45) is 5.92 Å². The number of unbranched alkanes of at least 4 members (excludes halogenated alkanes) is 3. The van der Waals surface area contributed by atoms with Crippen LogP contribution in [0.5, 0.6) is 0 Å². The Labute approximate surface area is 173 Å². The molecule has 0 aliphatic rings. The molecule has 0 fully saturated rings. The van der Waals surface area contributed by atoms with E-state index in [4.69, 9.17) is 9.94 Å². The van der Waals surface area contributed by atoms with Crippen molar-refractivity contribution in [2.75, 3.05) is 0 Å². The van der Waals surface area contributed by atoms with Crippen LogP contribution in [0.2, 0.25) is 0 Å². The molecular weight excluding hydrogens is 372 g/mol. The number of hydrogen-bond acceptors (Lipinski definition) is 5. The Morgan fingerprint density at radius 3 is 2.34 bits per heavy atom. The van der Waals surface area contributed by atoms with Crippen molar-refractivity contribution >= 4 is 17.8 Å². The van der Waals surface area contributed by atoms with Crippen molar-refractivity contribution in [1.29, 1.82) is 0 Å². The van der Waals surface area contributed by atoms with E-state index in [2.05, 4.69) is 12.2 Å². The van der Waals surface area contributed by atoms with Crippen molar-refractivity contribution in [3.05, 3.63) is 35.9 Å². The summed E-state index contributed by atoms with van der Waals surface area (Å²) in [6.07, 6.45) is 4.25. The molecule has 162 valence electrons. The van der Waals surface area contributed by atoms with Gasteiger partial charge in [0.05, 0.1) is 6.10 Å². The molecule has 7 nitrogen and oxygen atoms in total. The number of carbonyl (C=O) groups is 3. The zero-order valence-corrected chi connectivity index (χ0v) is 17.6. The molecule has 0 heterocycles. The Morgan fingerprint density at radius 2 is 1.76 bits per heavy atom. The minimum Gasteiger partial charge on any atom is -0.461 e. The zero-order chi connectivity index (χ0) is 21.6. The first-order valence-corrected chi connectivity index (χ1v) is 10.3. The van der Waals surface area contributed by atoms with Gasteiger partial charge < -0.3 is 10.1 Å². The zero-order valence-electron chi connectivity index (χ0n) is 17.6. The molecule has 29 heavy (non-hydrogen) atoms. The highest BCUT2D eigenvalue weighted by atomic mass is 16.5. The SMILES string of the molecule is CCCCCCC(CC(=O)NO)C(=O)N[C@@H](Cc1ccccc1)C(=O)OC(C)C. The Morgan fingerprint density at radius 1 is 1.07 bits per heavy atom. The number of hydroxylamine groups is 1. The van der Waals surface area contributed by atoms with Crippen LogP contribution >= 0.6 is 0 Å². The van der Waals surface area contributed by atoms with Gasteiger partial charge in [0.2, 0.25) is 11.8 Å². The summed E-state index contributed by atoms with van der Waals surface area (Å²) < 4.78 is 5.31. The number of carbonyl (C=O) groups excluding carboxylic acids is 3. The van der Waals surface area contributed by atoms with Gasteiger partial charge in [-0.25, -0.2) is 10.3 Å². The molecular formula is C22H34N2O5. The van der Waals surface area contributed by atoms with Crippen molar-refractivity contribution in [2.45, 2.75) is 77.9 Å². The minimum atomic E-state index is -0.845. The van der Waals surface area contributed by atoms with E-state index in [-0.39, 0.29) is 18.4 Å². The summed E-state index contributed by atoms with van der Waals surface area (Å²) in [5, 5.41) is 11.6. The molecule has 2 amide bonds. The number of esters is 1. The Bertz CT molecular complexity index is 633. The first kappa shape index (κ1) is 24.6. The quantitative estimate of drug-likeness (QED) is 0.202. The number of hydrogen-bond donors (Lipinski definition) is 3. The highest BCUT2D eigenvalue weighted by Crippen LogP contribution is 2.16. The van der Waals surface area contributed by atoms with E-state index in [9.17, 15) is 14.4 Å². The average Bonchev–Trinajstić information content (AvgIpc) is 2.69. The van der Waals surface area contributed by atoms with E-state index in [0.717, 1.165) is 31.2 Å². The van der Waals surface area contributed by atoms with Gasteiger partial charge in [0, 0.05) is 18.8 Å². The van der Waals surface area contributed by atoms with Crippen LogP contribution in [0.3, 0.4) is 0 Å². The van der Waals surface area contributed by atoms with Gasteiger partial charge in [0.1, 0.15) is 6.04 Å². The largest absolute Gasteiger partial charge is 0.461 e. The highest BCUT2D eigenvalue weighted by Gasteiger charge is 2.28. The Hall–Kier alpha value is -2.41. The van der Waals surface area contributed by atoms with Gasteiger partial charge in [0.25, 0.3) is 0 Å². The van der Waals surface area contributed by atoms with Gasteiger partial charge in [-0.15, -0.1) is 0 Å². The lowest BCUT2D eigenvalue weighted by Gasteiger charge is -2.22. The fraction of sp³-hybridized carbons (Fsp3) is 0.591. The summed E-state index contributed by atoms with van der Waals surface area (Å²) in [6.45, 7) is 5.60. The number of amides is 2. The van der Waals surface area contributed by atoms with E-state index in [1.54, 1.807) is 19.3 Å². The molecule has 0 spiro atoms. The topological polar surface area (TPSA) is 105 Å². The molecule has 1 aromatic rings. The molecule has 7 heteroatoms. The van der Waals surface area contributed by atoms with Crippen LogP contribution in [0.15, 0.2) is 30.3 Å². The van der Waals surface area contributed by atoms with Gasteiger partial charge >= 0.3 is 5.97 Å². The van der Waals surface area contributed by atoms with Gasteiger partial charge in [-0.1, -0.05) is 62.9 Å². The van der Waals surface area contributed by atoms with E-state index >= 15 is 0 Å². The summed E-state index contributed by atoms with van der Waals surface area (Å²) in [6, 6.07) is 8.52. The van der Waals surface area contributed by atoms with E-state index in [1.807, 2.05) is 30.3 Å². The van der Waals surface area contributed by atoms with Crippen LogP contribution in [-0.4, -0.2) is 35.1 Å². The van der Waals surface area contributed by atoms with E-state index in [1.165, 1.54) is 0 Å². The van der Waals surface area contributed by atoms with Crippen LogP contribution in [0.1, 0.15) is 64.9 Å². The van der Waals surface area contributed by atoms with Crippen LogP contribution in [-0.2, 0) is 25.5 Å².